The van der Waals surface area contributed by atoms with Gasteiger partial charge in [-0.25, -0.2) is 0 Å². The van der Waals surface area contributed by atoms with Gasteiger partial charge in [0.2, 0.25) is 5.91 Å². The van der Waals surface area contributed by atoms with E-state index in [2.05, 4.69) is 45.0 Å². The van der Waals surface area contributed by atoms with Crippen LogP contribution < -0.4 is 0 Å². The zero-order valence-electron chi connectivity index (χ0n) is 15.7. The number of likely N-dealkylation sites (N-methyl/N-ethyl adjacent to an activating group) is 1. The van der Waals surface area contributed by atoms with E-state index in [0.717, 1.165) is 19.4 Å². The summed E-state index contributed by atoms with van der Waals surface area (Å²) < 4.78 is 0. The summed E-state index contributed by atoms with van der Waals surface area (Å²) in [6.45, 7) is 9.83. The van der Waals surface area contributed by atoms with Gasteiger partial charge < -0.3 is 10.0 Å². The molecule has 1 aromatic carbocycles. The molecule has 0 radical (unpaired) electrons. The Morgan fingerprint density at radius 1 is 1.33 bits per heavy atom. The number of amides is 1. The van der Waals surface area contributed by atoms with Gasteiger partial charge in [-0.05, 0) is 43.4 Å². The summed E-state index contributed by atoms with van der Waals surface area (Å²) in [6.07, 6.45) is 2.08. The first-order valence-corrected chi connectivity index (χ1v) is 8.95. The molecular weight excluding hydrogens is 300 g/mol. The van der Waals surface area contributed by atoms with E-state index in [1.807, 2.05) is 23.8 Å². The highest BCUT2D eigenvalue weighted by atomic mass is 16.3. The minimum Gasteiger partial charge on any atom is -0.395 e. The quantitative estimate of drug-likeness (QED) is 0.901. The van der Waals surface area contributed by atoms with E-state index in [4.69, 9.17) is 0 Å². The fourth-order valence-electron chi connectivity index (χ4n) is 3.22. The summed E-state index contributed by atoms with van der Waals surface area (Å²) in [5.74, 6) is 0.153. The molecule has 1 N–H and O–H groups in total. The average Bonchev–Trinajstić information content (AvgIpc) is 3.03. The van der Waals surface area contributed by atoms with Crippen LogP contribution in [0, 0.1) is 0 Å². The summed E-state index contributed by atoms with van der Waals surface area (Å²) in [4.78, 5) is 16.6. The molecule has 1 saturated heterocycles. The molecule has 1 heterocycles. The molecular formula is C20H32N2O2. The second kappa shape index (κ2) is 7.66. The van der Waals surface area contributed by atoms with Gasteiger partial charge in [-0.15, -0.1) is 0 Å². The van der Waals surface area contributed by atoms with Crippen molar-refractivity contribution in [2.75, 3.05) is 26.7 Å². The number of carbonyl (C=O) groups excluding carboxylic acids is 1. The lowest BCUT2D eigenvalue weighted by Crippen LogP contribution is -2.42. The molecule has 0 spiro atoms. The monoisotopic (exact) mass is 332 g/mol. The van der Waals surface area contributed by atoms with Gasteiger partial charge in [-0.1, -0.05) is 45.0 Å². The van der Waals surface area contributed by atoms with Crippen molar-refractivity contribution >= 4 is 5.91 Å². The number of likely N-dealkylation sites (tertiary alicyclic amines) is 1. The van der Waals surface area contributed by atoms with Gasteiger partial charge in [-0.3, -0.25) is 9.69 Å². The topological polar surface area (TPSA) is 43.8 Å². The molecule has 0 aromatic heterocycles. The van der Waals surface area contributed by atoms with E-state index in [1.165, 1.54) is 11.1 Å². The van der Waals surface area contributed by atoms with Crippen LogP contribution in [0.3, 0.4) is 0 Å². The molecule has 134 valence electrons. The number of aliphatic hydroxyl groups is 1. The number of carbonyl (C=O) groups is 1. The van der Waals surface area contributed by atoms with Crippen molar-refractivity contribution < 1.29 is 9.90 Å². The highest BCUT2D eigenvalue weighted by Gasteiger charge is 2.30. The molecule has 4 heteroatoms. The van der Waals surface area contributed by atoms with Crippen molar-refractivity contribution in [3.8, 4) is 0 Å². The molecule has 1 aromatic rings. The third kappa shape index (κ3) is 4.37. The van der Waals surface area contributed by atoms with Crippen molar-refractivity contribution in [1.82, 2.24) is 9.80 Å². The smallest absolute Gasteiger partial charge is 0.237 e. The molecule has 0 saturated carbocycles. The molecule has 24 heavy (non-hydrogen) atoms. The van der Waals surface area contributed by atoms with Gasteiger partial charge in [-0.2, -0.15) is 0 Å². The Kier molecular flexibility index (Phi) is 6.05. The molecule has 2 rings (SSSR count). The van der Waals surface area contributed by atoms with Gasteiger partial charge in [0.15, 0.2) is 0 Å². The number of benzene rings is 1. The summed E-state index contributed by atoms with van der Waals surface area (Å²) in [5.41, 5.74) is 2.69. The first-order valence-electron chi connectivity index (χ1n) is 8.95. The lowest BCUT2D eigenvalue weighted by Gasteiger charge is -2.29. The van der Waals surface area contributed by atoms with E-state index in [1.54, 1.807) is 0 Å². The first-order chi connectivity index (χ1) is 11.2. The molecule has 1 aliphatic heterocycles. The third-order valence-corrected chi connectivity index (χ3v) is 5.14. The van der Waals surface area contributed by atoms with Crippen LogP contribution in [0.15, 0.2) is 24.3 Å². The van der Waals surface area contributed by atoms with Crippen molar-refractivity contribution in [2.24, 2.45) is 0 Å². The van der Waals surface area contributed by atoms with Crippen LogP contribution in [0.2, 0.25) is 0 Å². The van der Waals surface area contributed by atoms with Gasteiger partial charge in [0.05, 0.1) is 19.2 Å². The van der Waals surface area contributed by atoms with Gasteiger partial charge in [0.25, 0.3) is 0 Å². The van der Waals surface area contributed by atoms with Gasteiger partial charge in [0, 0.05) is 12.6 Å². The second-order valence-electron chi connectivity index (χ2n) is 8.06. The average molecular weight is 332 g/mol. The molecule has 2 atom stereocenters. The van der Waals surface area contributed by atoms with E-state index >= 15 is 0 Å². The van der Waals surface area contributed by atoms with E-state index in [-0.39, 0.29) is 30.0 Å². The normalized spacial score (nSPS) is 19.8. The van der Waals surface area contributed by atoms with Gasteiger partial charge >= 0.3 is 0 Å². The number of nitrogens with zero attached hydrogens (tertiary/aromatic N) is 2. The minimum atomic E-state index is 0.000993. The number of hydrogen-bond donors (Lipinski definition) is 1. The molecule has 0 aliphatic carbocycles. The van der Waals surface area contributed by atoms with Crippen LogP contribution >= 0.6 is 0 Å². The van der Waals surface area contributed by atoms with Gasteiger partial charge in [0.1, 0.15) is 0 Å². The Bertz CT molecular complexity index is 548. The second-order valence-corrected chi connectivity index (χ2v) is 8.06. The van der Waals surface area contributed by atoms with Crippen molar-refractivity contribution in [2.45, 2.75) is 58.0 Å². The molecule has 1 amide bonds. The van der Waals surface area contributed by atoms with Crippen LogP contribution in [0.4, 0.5) is 0 Å². The standard InChI is InChI=1S/C20H32N2O2/c1-15(14-23)21(5)13-19(24)22-12-6-7-18(22)16-8-10-17(11-9-16)20(2,3)4/h8-11,15,18,23H,6-7,12-14H2,1-5H3. The van der Waals surface area contributed by atoms with E-state index < -0.39 is 0 Å². The Morgan fingerprint density at radius 2 is 1.96 bits per heavy atom. The molecule has 2 unspecified atom stereocenters. The summed E-state index contributed by atoms with van der Waals surface area (Å²) in [6, 6.07) is 8.92. The fraction of sp³-hybridized carbons (Fsp3) is 0.650. The van der Waals surface area contributed by atoms with Crippen molar-refractivity contribution in [3.63, 3.8) is 0 Å². The fourth-order valence-corrected chi connectivity index (χ4v) is 3.22. The largest absolute Gasteiger partial charge is 0.395 e. The molecule has 1 aliphatic rings. The minimum absolute atomic E-state index is 0.000993. The Hall–Kier alpha value is -1.39. The SMILES string of the molecule is CC(CO)N(C)CC(=O)N1CCCC1c1ccc(C(C)(C)C)cc1. The maximum absolute atomic E-state index is 12.7. The number of hydrogen-bond acceptors (Lipinski definition) is 3. The van der Waals surface area contributed by atoms with E-state index in [0.29, 0.717) is 6.54 Å². The first kappa shape index (κ1) is 18.9. The van der Waals surface area contributed by atoms with Crippen LogP contribution in [-0.4, -0.2) is 53.6 Å². The molecule has 4 nitrogen and oxygen atoms in total. The maximum Gasteiger partial charge on any atom is 0.237 e. The molecule has 0 bridgehead atoms. The zero-order chi connectivity index (χ0) is 17.9. The lowest BCUT2D eigenvalue weighted by molar-refractivity contribution is -0.133. The predicted octanol–water partition coefficient (Wildman–Crippen LogP) is 2.96. The predicted molar refractivity (Wildman–Crippen MR) is 98.0 cm³/mol. The number of aliphatic hydroxyl groups excluding tert-OH is 1. The highest BCUT2D eigenvalue weighted by Crippen LogP contribution is 2.33. The summed E-state index contributed by atoms with van der Waals surface area (Å²) in [7, 11) is 1.89. The Morgan fingerprint density at radius 3 is 2.50 bits per heavy atom. The van der Waals surface area contributed by atoms with E-state index in [9.17, 15) is 9.90 Å². The van der Waals surface area contributed by atoms with Crippen LogP contribution in [0.5, 0.6) is 0 Å². The Labute approximate surface area is 146 Å². The van der Waals surface area contributed by atoms with Crippen molar-refractivity contribution in [1.29, 1.82) is 0 Å². The summed E-state index contributed by atoms with van der Waals surface area (Å²) >= 11 is 0. The molecule has 1 fully saturated rings. The highest BCUT2D eigenvalue weighted by molar-refractivity contribution is 5.79. The van der Waals surface area contributed by atoms with Crippen LogP contribution in [0.25, 0.3) is 0 Å². The number of rotatable bonds is 5. The lowest BCUT2D eigenvalue weighted by atomic mass is 9.86. The third-order valence-electron chi connectivity index (χ3n) is 5.14. The zero-order valence-corrected chi connectivity index (χ0v) is 15.7. The van der Waals surface area contributed by atoms with Crippen LogP contribution in [0.1, 0.15) is 57.7 Å². The maximum atomic E-state index is 12.7. The Balaban J connectivity index is 2.08. The van der Waals surface area contributed by atoms with Crippen LogP contribution in [-0.2, 0) is 10.2 Å². The van der Waals surface area contributed by atoms with Crippen molar-refractivity contribution in [3.05, 3.63) is 35.4 Å². The summed E-state index contributed by atoms with van der Waals surface area (Å²) in [5, 5.41) is 9.24.